The second-order valence-corrected chi connectivity index (χ2v) is 4.23. The Labute approximate surface area is 111 Å². The van der Waals surface area contributed by atoms with Crippen LogP contribution in [0.5, 0.6) is 5.75 Å². The summed E-state index contributed by atoms with van der Waals surface area (Å²) in [5.74, 6) is 0.518. The molecule has 0 aliphatic heterocycles. The Morgan fingerprint density at radius 2 is 2.26 bits per heavy atom. The fraction of sp³-hybridized carbons (Fsp3) is 0.286. The molecule has 5 nitrogen and oxygen atoms in total. The Balaban J connectivity index is 2.20. The molecule has 0 saturated heterocycles. The SMILES string of the molecule is CCc1cc(Cc2ncc(C(=O)O)[nH]2)ccc1OC. The van der Waals surface area contributed by atoms with E-state index in [-0.39, 0.29) is 5.69 Å². The van der Waals surface area contributed by atoms with Crippen LogP contribution in [-0.2, 0) is 12.8 Å². The third kappa shape index (κ3) is 2.93. The van der Waals surface area contributed by atoms with Crippen LogP contribution in [0.1, 0.15) is 34.4 Å². The van der Waals surface area contributed by atoms with Crippen molar-refractivity contribution in [2.24, 2.45) is 0 Å². The fourth-order valence-corrected chi connectivity index (χ4v) is 1.97. The van der Waals surface area contributed by atoms with E-state index >= 15 is 0 Å². The molecule has 2 aromatic rings. The molecule has 19 heavy (non-hydrogen) atoms. The van der Waals surface area contributed by atoms with Crippen molar-refractivity contribution in [1.82, 2.24) is 9.97 Å². The molecule has 0 fully saturated rings. The number of aromatic carboxylic acids is 1. The molecule has 0 aliphatic rings. The number of imidazole rings is 1. The van der Waals surface area contributed by atoms with Crippen LogP contribution in [0.25, 0.3) is 0 Å². The number of methoxy groups -OCH3 is 1. The van der Waals surface area contributed by atoms with Gasteiger partial charge in [0.1, 0.15) is 17.3 Å². The van der Waals surface area contributed by atoms with Gasteiger partial charge >= 0.3 is 5.97 Å². The van der Waals surface area contributed by atoms with Gasteiger partial charge in [0.25, 0.3) is 0 Å². The fourth-order valence-electron chi connectivity index (χ4n) is 1.97. The van der Waals surface area contributed by atoms with Crippen LogP contribution in [0.2, 0.25) is 0 Å². The minimum absolute atomic E-state index is 0.110. The van der Waals surface area contributed by atoms with Crippen LogP contribution in [0.4, 0.5) is 0 Å². The monoisotopic (exact) mass is 260 g/mol. The number of aromatic amines is 1. The molecule has 0 bridgehead atoms. The number of nitrogens with zero attached hydrogens (tertiary/aromatic N) is 1. The smallest absolute Gasteiger partial charge is 0.353 e. The molecule has 2 N–H and O–H groups in total. The first-order chi connectivity index (χ1) is 9.13. The zero-order valence-corrected chi connectivity index (χ0v) is 10.9. The number of nitrogens with one attached hydrogen (secondary N) is 1. The first kappa shape index (κ1) is 13.1. The molecular formula is C14H16N2O3. The van der Waals surface area contributed by atoms with Gasteiger partial charge < -0.3 is 14.8 Å². The molecule has 1 heterocycles. The molecule has 0 atom stereocenters. The molecule has 1 aromatic carbocycles. The molecule has 0 aliphatic carbocycles. The molecule has 1 aromatic heterocycles. The average Bonchev–Trinajstić information content (AvgIpc) is 2.87. The average molecular weight is 260 g/mol. The number of hydrogen-bond donors (Lipinski definition) is 2. The lowest BCUT2D eigenvalue weighted by atomic mass is 10.1. The Hall–Kier alpha value is -2.30. The van der Waals surface area contributed by atoms with Crippen molar-refractivity contribution in [3.8, 4) is 5.75 Å². The number of rotatable bonds is 5. The number of ether oxygens (including phenoxy) is 1. The Morgan fingerprint density at radius 1 is 1.47 bits per heavy atom. The lowest BCUT2D eigenvalue weighted by Crippen LogP contribution is -1.98. The van der Waals surface area contributed by atoms with E-state index in [4.69, 9.17) is 9.84 Å². The lowest BCUT2D eigenvalue weighted by Gasteiger charge is -2.08. The zero-order valence-electron chi connectivity index (χ0n) is 10.9. The van der Waals surface area contributed by atoms with Gasteiger partial charge in [-0.3, -0.25) is 0 Å². The maximum absolute atomic E-state index is 10.8. The van der Waals surface area contributed by atoms with E-state index in [1.807, 2.05) is 12.1 Å². The third-order valence-electron chi connectivity index (χ3n) is 2.96. The van der Waals surface area contributed by atoms with Gasteiger partial charge in [0.2, 0.25) is 0 Å². The highest BCUT2D eigenvalue weighted by molar-refractivity contribution is 5.85. The minimum Gasteiger partial charge on any atom is -0.496 e. The summed E-state index contributed by atoms with van der Waals surface area (Å²) in [6, 6.07) is 5.94. The summed E-state index contributed by atoms with van der Waals surface area (Å²) in [6.45, 7) is 2.07. The predicted octanol–water partition coefficient (Wildman–Crippen LogP) is 2.27. The van der Waals surface area contributed by atoms with Crippen LogP contribution < -0.4 is 4.74 Å². The van der Waals surface area contributed by atoms with Crippen LogP contribution >= 0.6 is 0 Å². The molecule has 100 valence electrons. The molecule has 2 rings (SSSR count). The van der Waals surface area contributed by atoms with E-state index < -0.39 is 5.97 Å². The number of aromatic nitrogens is 2. The molecule has 0 radical (unpaired) electrons. The molecule has 0 spiro atoms. The highest BCUT2D eigenvalue weighted by Crippen LogP contribution is 2.21. The number of carboxylic acid groups (broad SMARTS) is 1. The van der Waals surface area contributed by atoms with E-state index in [2.05, 4.69) is 23.0 Å². The minimum atomic E-state index is -0.997. The highest BCUT2D eigenvalue weighted by atomic mass is 16.5. The number of hydrogen-bond acceptors (Lipinski definition) is 3. The van der Waals surface area contributed by atoms with Crippen molar-refractivity contribution in [2.45, 2.75) is 19.8 Å². The Bertz CT molecular complexity index is 590. The van der Waals surface area contributed by atoms with Crippen molar-refractivity contribution >= 4 is 5.97 Å². The summed E-state index contributed by atoms with van der Waals surface area (Å²) >= 11 is 0. The van der Waals surface area contributed by atoms with Crippen LogP contribution in [0.3, 0.4) is 0 Å². The van der Waals surface area contributed by atoms with Crippen molar-refractivity contribution in [3.63, 3.8) is 0 Å². The topological polar surface area (TPSA) is 75.2 Å². The maximum atomic E-state index is 10.8. The van der Waals surface area contributed by atoms with Gasteiger partial charge in [-0.15, -0.1) is 0 Å². The standard InChI is InChI=1S/C14H16N2O3/c1-3-10-6-9(4-5-12(10)19-2)7-13-15-8-11(16-13)14(17)18/h4-6,8H,3,7H2,1-2H3,(H,15,16)(H,17,18). The summed E-state index contributed by atoms with van der Waals surface area (Å²) < 4.78 is 5.28. The lowest BCUT2D eigenvalue weighted by molar-refractivity contribution is 0.0691. The second kappa shape index (κ2) is 5.56. The van der Waals surface area contributed by atoms with Gasteiger partial charge in [-0.25, -0.2) is 9.78 Å². The number of carbonyl (C=O) groups is 1. The van der Waals surface area contributed by atoms with Gasteiger partial charge in [0.05, 0.1) is 13.3 Å². The molecule has 0 amide bonds. The van der Waals surface area contributed by atoms with E-state index in [1.54, 1.807) is 7.11 Å². The predicted molar refractivity (Wildman–Crippen MR) is 70.7 cm³/mol. The number of aryl methyl sites for hydroxylation is 1. The summed E-state index contributed by atoms with van der Waals surface area (Å²) in [6.07, 6.45) is 2.79. The van der Waals surface area contributed by atoms with Crippen molar-refractivity contribution in [3.05, 3.63) is 47.0 Å². The summed E-state index contributed by atoms with van der Waals surface area (Å²) in [4.78, 5) is 17.6. The van der Waals surface area contributed by atoms with Crippen LogP contribution in [0, 0.1) is 0 Å². The summed E-state index contributed by atoms with van der Waals surface area (Å²) in [5.41, 5.74) is 2.31. The van der Waals surface area contributed by atoms with Crippen LogP contribution in [0.15, 0.2) is 24.4 Å². The highest BCUT2D eigenvalue weighted by Gasteiger charge is 2.09. The van der Waals surface area contributed by atoms with Crippen LogP contribution in [-0.4, -0.2) is 28.2 Å². The first-order valence-corrected chi connectivity index (χ1v) is 6.07. The van der Waals surface area contributed by atoms with E-state index in [9.17, 15) is 4.79 Å². The zero-order chi connectivity index (χ0) is 13.8. The summed E-state index contributed by atoms with van der Waals surface area (Å²) in [7, 11) is 1.65. The normalized spacial score (nSPS) is 10.4. The quantitative estimate of drug-likeness (QED) is 0.864. The second-order valence-electron chi connectivity index (χ2n) is 4.23. The summed E-state index contributed by atoms with van der Waals surface area (Å²) in [5, 5.41) is 8.83. The maximum Gasteiger partial charge on any atom is 0.353 e. The first-order valence-electron chi connectivity index (χ1n) is 6.07. The molecule has 5 heteroatoms. The van der Waals surface area contributed by atoms with Gasteiger partial charge in [-0.05, 0) is 23.6 Å². The van der Waals surface area contributed by atoms with E-state index in [1.165, 1.54) is 6.20 Å². The number of benzene rings is 1. The molecular weight excluding hydrogens is 244 g/mol. The van der Waals surface area contributed by atoms with E-state index in [0.29, 0.717) is 12.2 Å². The van der Waals surface area contributed by atoms with Crippen molar-refractivity contribution in [2.75, 3.05) is 7.11 Å². The molecule has 0 saturated carbocycles. The molecule has 0 unspecified atom stereocenters. The van der Waals surface area contributed by atoms with Crippen molar-refractivity contribution in [1.29, 1.82) is 0 Å². The van der Waals surface area contributed by atoms with E-state index in [0.717, 1.165) is 23.3 Å². The van der Waals surface area contributed by atoms with Gasteiger partial charge in [0, 0.05) is 6.42 Å². The Morgan fingerprint density at radius 3 is 2.84 bits per heavy atom. The van der Waals surface area contributed by atoms with Gasteiger partial charge in [0.15, 0.2) is 0 Å². The third-order valence-corrected chi connectivity index (χ3v) is 2.96. The number of carboxylic acids is 1. The van der Waals surface area contributed by atoms with Gasteiger partial charge in [-0.1, -0.05) is 19.1 Å². The largest absolute Gasteiger partial charge is 0.496 e. The Kier molecular flexibility index (Phi) is 3.85. The van der Waals surface area contributed by atoms with Crippen molar-refractivity contribution < 1.29 is 14.6 Å². The van der Waals surface area contributed by atoms with Gasteiger partial charge in [-0.2, -0.15) is 0 Å². The number of H-pyrrole nitrogens is 1.